The lowest BCUT2D eigenvalue weighted by molar-refractivity contribution is -0.123. The second-order valence-electron chi connectivity index (χ2n) is 6.33. The van der Waals surface area contributed by atoms with Crippen LogP contribution in [0.2, 0.25) is 5.02 Å². The zero-order valence-corrected chi connectivity index (χ0v) is 16.5. The number of hydrogen-bond acceptors (Lipinski definition) is 5. The van der Waals surface area contributed by atoms with Gasteiger partial charge < -0.3 is 10.1 Å². The lowest BCUT2D eigenvalue weighted by atomic mass is 10.1. The van der Waals surface area contributed by atoms with Gasteiger partial charge in [0.05, 0.1) is 16.9 Å². The Hall–Kier alpha value is -2.90. The van der Waals surface area contributed by atoms with Gasteiger partial charge in [-0.05, 0) is 42.8 Å². The molecule has 1 aliphatic heterocycles. The van der Waals surface area contributed by atoms with Gasteiger partial charge in [-0.15, -0.1) is 11.3 Å². The van der Waals surface area contributed by atoms with Gasteiger partial charge in [0.1, 0.15) is 12.3 Å². The standard InChI is InChI=1S/C20H16ClN3O3S/c1-12-2-4-14(21)7-15(12)23-19(25)8-24-17-6-13(16-10-28-11-22-16)3-5-18(17)27-9-20(24)26/h2-7,10-11H,8-9H2,1H3,(H,23,25). The molecule has 0 fully saturated rings. The van der Waals surface area contributed by atoms with Crippen LogP contribution in [-0.4, -0.2) is 29.9 Å². The topological polar surface area (TPSA) is 71.5 Å². The third kappa shape index (κ3) is 3.72. The molecule has 0 atom stereocenters. The zero-order valence-electron chi connectivity index (χ0n) is 14.9. The summed E-state index contributed by atoms with van der Waals surface area (Å²) in [4.78, 5) is 30.8. The van der Waals surface area contributed by atoms with E-state index in [0.29, 0.717) is 22.1 Å². The molecular formula is C20H16ClN3O3S. The van der Waals surface area contributed by atoms with Crippen molar-refractivity contribution in [3.05, 3.63) is 57.9 Å². The summed E-state index contributed by atoms with van der Waals surface area (Å²) in [6, 6.07) is 10.8. The second kappa shape index (κ2) is 7.61. The van der Waals surface area contributed by atoms with Gasteiger partial charge in [-0.3, -0.25) is 14.5 Å². The highest BCUT2D eigenvalue weighted by atomic mass is 35.5. The fourth-order valence-corrected chi connectivity index (χ4v) is 3.69. The molecule has 0 saturated heterocycles. The summed E-state index contributed by atoms with van der Waals surface area (Å²) in [5, 5.41) is 5.28. The first kappa shape index (κ1) is 18.5. The zero-order chi connectivity index (χ0) is 19.7. The lowest BCUT2D eigenvalue weighted by Crippen LogP contribution is -2.43. The van der Waals surface area contributed by atoms with E-state index in [1.165, 1.54) is 16.2 Å². The van der Waals surface area contributed by atoms with Crippen molar-refractivity contribution >= 4 is 46.1 Å². The van der Waals surface area contributed by atoms with Crippen LogP contribution in [0.4, 0.5) is 11.4 Å². The minimum Gasteiger partial charge on any atom is -0.482 e. The summed E-state index contributed by atoms with van der Waals surface area (Å²) in [6.07, 6.45) is 0. The van der Waals surface area contributed by atoms with Gasteiger partial charge in [0.15, 0.2) is 6.61 Å². The number of aryl methyl sites for hydroxylation is 1. The number of nitrogens with one attached hydrogen (secondary N) is 1. The number of benzene rings is 2. The van der Waals surface area contributed by atoms with Crippen LogP contribution >= 0.6 is 22.9 Å². The van der Waals surface area contributed by atoms with Gasteiger partial charge in [0, 0.05) is 21.7 Å². The molecule has 4 rings (SSSR count). The van der Waals surface area contributed by atoms with E-state index < -0.39 is 0 Å². The number of hydrogen-bond donors (Lipinski definition) is 1. The summed E-state index contributed by atoms with van der Waals surface area (Å²) in [6.45, 7) is 1.65. The van der Waals surface area contributed by atoms with Crippen LogP contribution in [0.15, 0.2) is 47.3 Å². The first-order valence-corrected chi connectivity index (χ1v) is 9.85. The number of nitrogens with zero attached hydrogens (tertiary/aromatic N) is 2. The van der Waals surface area contributed by atoms with Gasteiger partial charge in [0.25, 0.3) is 5.91 Å². The normalized spacial score (nSPS) is 13.1. The van der Waals surface area contributed by atoms with Crippen molar-refractivity contribution in [2.75, 3.05) is 23.4 Å². The summed E-state index contributed by atoms with van der Waals surface area (Å²) in [5.41, 5.74) is 5.47. The summed E-state index contributed by atoms with van der Waals surface area (Å²) < 4.78 is 5.51. The number of amides is 2. The quantitative estimate of drug-likeness (QED) is 0.697. The van der Waals surface area contributed by atoms with E-state index in [1.807, 2.05) is 30.5 Å². The Bertz CT molecular complexity index is 1050. The molecule has 0 aliphatic carbocycles. The van der Waals surface area contributed by atoms with Crippen molar-refractivity contribution in [1.82, 2.24) is 4.98 Å². The predicted octanol–water partition coefficient (Wildman–Crippen LogP) is 4.14. The van der Waals surface area contributed by atoms with Crippen LogP contribution < -0.4 is 15.0 Å². The number of ether oxygens (including phenoxy) is 1. The van der Waals surface area contributed by atoms with Crippen molar-refractivity contribution in [3.63, 3.8) is 0 Å². The molecule has 3 aromatic rings. The fraction of sp³-hybridized carbons (Fsp3) is 0.150. The predicted molar refractivity (Wildman–Crippen MR) is 110 cm³/mol. The number of fused-ring (bicyclic) bond motifs is 1. The van der Waals surface area contributed by atoms with E-state index in [0.717, 1.165) is 16.8 Å². The highest BCUT2D eigenvalue weighted by Crippen LogP contribution is 2.36. The Morgan fingerprint density at radius 3 is 2.96 bits per heavy atom. The molecule has 2 aromatic carbocycles. The lowest BCUT2D eigenvalue weighted by Gasteiger charge is -2.29. The third-order valence-corrected chi connectivity index (χ3v) is 5.23. The van der Waals surface area contributed by atoms with Crippen LogP contribution in [0.1, 0.15) is 5.56 Å². The smallest absolute Gasteiger partial charge is 0.265 e. The highest BCUT2D eigenvalue weighted by Gasteiger charge is 2.28. The first-order chi connectivity index (χ1) is 13.5. The highest BCUT2D eigenvalue weighted by molar-refractivity contribution is 7.07. The Labute approximate surface area is 170 Å². The number of rotatable bonds is 4. The van der Waals surface area contributed by atoms with Gasteiger partial charge in [-0.1, -0.05) is 17.7 Å². The Kier molecular flexibility index (Phi) is 5.02. The molecule has 1 aromatic heterocycles. The summed E-state index contributed by atoms with van der Waals surface area (Å²) in [7, 11) is 0. The van der Waals surface area contributed by atoms with Gasteiger partial charge in [-0.2, -0.15) is 0 Å². The molecule has 0 radical (unpaired) electrons. The van der Waals surface area contributed by atoms with Crippen LogP contribution in [0.5, 0.6) is 5.75 Å². The van der Waals surface area contributed by atoms with Crippen LogP contribution in [0, 0.1) is 6.92 Å². The van der Waals surface area contributed by atoms with Crippen molar-refractivity contribution in [1.29, 1.82) is 0 Å². The van der Waals surface area contributed by atoms with Crippen molar-refractivity contribution in [2.45, 2.75) is 6.92 Å². The molecule has 2 heterocycles. The average Bonchev–Trinajstić information content (AvgIpc) is 3.21. The summed E-state index contributed by atoms with van der Waals surface area (Å²) in [5.74, 6) is -0.0307. The number of thiazole rings is 1. The molecule has 1 N–H and O–H groups in total. The largest absolute Gasteiger partial charge is 0.482 e. The minimum atomic E-state index is -0.314. The molecular weight excluding hydrogens is 398 g/mol. The molecule has 28 heavy (non-hydrogen) atoms. The van der Waals surface area contributed by atoms with Gasteiger partial charge in [0.2, 0.25) is 5.91 Å². The molecule has 8 heteroatoms. The van der Waals surface area contributed by atoms with E-state index >= 15 is 0 Å². The number of carbonyl (C=O) groups excluding carboxylic acids is 2. The number of carbonyl (C=O) groups is 2. The van der Waals surface area contributed by atoms with E-state index in [2.05, 4.69) is 10.3 Å². The fourth-order valence-electron chi connectivity index (χ4n) is 2.95. The van der Waals surface area contributed by atoms with Crippen LogP contribution in [-0.2, 0) is 9.59 Å². The van der Waals surface area contributed by atoms with Crippen LogP contribution in [0.25, 0.3) is 11.3 Å². The SMILES string of the molecule is Cc1ccc(Cl)cc1NC(=O)CN1C(=O)COc2ccc(-c3cscn3)cc21. The van der Waals surface area contributed by atoms with E-state index in [4.69, 9.17) is 16.3 Å². The van der Waals surface area contributed by atoms with Crippen molar-refractivity contribution in [2.24, 2.45) is 0 Å². The molecule has 0 saturated carbocycles. The maximum absolute atomic E-state index is 12.6. The van der Waals surface area contributed by atoms with E-state index in [-0.39, 0.29) is 25.0 Å². The second-order valence-corrected chi connectivity index (χ2v) is 7.49. The minimum absolute atomic E-state index is 0.105. The maximum atomic E-state index is 12.6. The molecule has 1 aliphatic rings. The van der Waals surface area contributed by atoms with Crippen molar-refractivity contribution < 1.29 is 14.3 Å². The van der Waals surface area contributed by atoms with Gasteiger partial charge >= 0.3 is 0 Å². The monoisotopic (exact) mass is 413 g/mol. The van der Waals surface area contributed by atoms with E-state index in [1.54, 1.807) is 23.7 Å². The maximum Gasteiger partial charge on any atom is 0.265 e. The van der Waals surface area contributed by atoms with Crippen LogP contribution in [0.3, 0.4) is 0 Å². The number of halogens is 1. The Morgan fingerprint density at radius 2 is 2.18 bits per heavy atom. The molecule has 0 bridgehead atoms. The van der Waals surface area contributed by atoms with E-state index in [9.17, 15) is 9.59 Å². The Morgan fingerprint density at radius 1 is 1.32 bits per heavy atom. The number of anilines is 2. The summed E-state index contributed by atoms with van der Waals surface area (Å²) >= 11 is 7.50. The molecule has 0 unspecified atom stereocenters. The Balaban J connectivity index is 1.59. The molecule has 142 valence electrons. The van der Waals surface area contributed by atoms with Crippen molar-refractivity contribution in [3.8, 4) is 17.0 Å². The van der Waals surface area contributed by atoms with Gasteiger partial charge in [-0.25, -0.2) is 4.98 Å². The third-order valence-electron chi connectivity index (χ3n) is 4.41. The average molecular weight is 414 g/mol. The molecule has 6 nitrogen and oxygen atoms in total. The molecule has 2 amide bonds. The molecule has 0 spiro atoms. The first-order valence-electron chi connectivity index (χ1n) is 8.53. The number of aromatic nitrogens is 1.